The Bertz CT molecular complexity index is 255. The summed E-state index contributed by atoms with van der Waals surface area (Å²) in [6, 6.07) is 0. The zero-order chi connectivity index (χ0) is 11.0. The lowest BCUT2D eigenvalue weighted by molar-refractivity contribution is -0.0210. The van der Waals surface area contributed by atoms with Gasteiger partial charge in [0.15, 0.2) is 0 Å². The number of carbonyl (C=O) groups excluding carboxylic acids is 1. The van der Waals surface area contributed by atoms with Gasteiger partial charge in [0, 0.05) is 6.54 Å². The number of carbonyl (C=O) groups is 1. The highest BCUT2D eigenvalue weighted by molar-refractivity contribution is 5.71. The van der Waals surface area contributed by atoms with Crippen molar-refractivity contribution in [1.29, 1.82) is 0 Å². The molecule has 3 nitrogen and oxygen atoms in total. The molecule has 0 bridgehead atoms. The molecule has 0 aromatic heterocycles. The van der Waals surface area contributed by atoms with Crippen LogP contribution >= 0.6 is 0 Å². The van der Waals surface area contributed by atoms with Crippen molar-refractivity contribution in [2.75, 3.05) is 6.54 Å². The number of hydrogen-bond acceptors (Lipinski definition) is 2. The minimum Gasteiger partial charge on any atom is -0.444 e. The van der Waals surface area contributed by atoms with E-state index in [2.05, 4.69) is 6.58 Å². The summed E-state index contributed by atoms with van der Waals surface area (Å²) in [5.74, 6) is 0. The van der Waals surface area contributed by atoms with E-state index in [4.69, 9.17) is 4.74 Å². The zero-order valence-corrected chi connectivity index (χ0v) is 9.46. The Balaban J connectivity index is 2.59. The number of rotatable bonds is 1. The van der Waals surface area contributed by atoms with Gasteiger partial charge in [0.2, 0.25) is 0 Å². The Morgan fingerprint density at radius 1 is 1.57 bits per heavy atom. The minimum absolute atomic E-state index is 0.206. The van der Waals surface area contributed by atoms with E-state index in [1.54, 1.807) is 11.0 Å². The quantitative estimate of drug-likeness (QED) is 0.605. The molecule has 0 aromatic rings. The third-order valence-corrected chi connectivity index (χ3v) is 2.51. The standard InChI is InChI=1S/C11H19NO2/c1-6-11(5)7-8-12(11)9(13)14-10(2,3)4/h6H,1,7-8H2,2-5H3. The normalized spacial score (nSPS) is 26.7. The van der Waals surface area contributed by atoms with E-state index in [1.165, 1.54) is 0 Å². The van der Waals surface area contributed by atoms with Gasteiger partial charge < -0.3 is 4.74 Å². The van der Waals surface area contributed by atoms with E-state index in [0.717, 1.165) is 13.0 Å². The van der Waals surface area contributed by atoms with Crippen molar-refractivity contribution in [2.24, 2.45) is 0 Å². The molecule has 0 spiro atoms. The Kier molecular flexibility index (Phi) is 2.61. The van der Waals surface area contributed by atoms with Crippen LogP contribution in [0.3, 0.4) is 0 Å². The van der Waals surface area contributed by atoms with E-state index in [1.807, 2.05) is 27.7 Å². The Labute approximate surface area is 85.7 Å². The Morgan fingerprint density at radius 3 is 2.43 bits per heavy atom. The number of nitrogens with zero attached hydrogens (tertiary/aromatic N) is 1. The van der Waals surface area contributed by atoms with Crippen molar-refractivity contribution >= 4 is 6.09 Å². The van der Waals surface area contributed by atoms with Gasteiger partial charge >= 0.3 is 6.09 Å². The van der Waals surface area contributed by atoms with Gasteiger partial charge in [-0.2, -0.15) is 0 Å². The second-order valence-corrected chi connectivity index (χ2v) is 4.94. The van der Waals surface area contributed by atoms with E-state index in [0.29, 0.717) is 0 Å². The van der Waals surface area contributed by atoms with Crippen molar-refractivity contribution in [1.82, 2.24) is 4.90 Å². The van der Waals surface area contributed by atoms with Gasteiger partial charge in [-0.3, -0.25) is 4.90 Å². The van der Waals surface area contributed by atoms with Gasteiger partial charge in [-0.1, -0.05) is 6.08 Å². The highest BCUT2D eigenvalue weighted by atomic mass is 16.6. The number of ether oxygens (including phenoxy) is 1. The van der Waals surface area contributed by atoms with E-state index < -0.39 is 5.60 Å². The van der Waals surface area contributed by atoms with Gasteiger partial charge in [-0.25, -0.2) is 4.79 Å². The van der Waals surface area contributed by atoms with Crippen LogP contribution in [0.15, 0.2) is 12.7 Å². The first kappa shape index (κ1) is 11.1. The maximum absolute atomic E-state index is 11.7. The zero-order valence-electron chi connectivity index (χ0n) is 9.46. The molecule has 1 aliphatic rings. The van der Waals surface area contributed by atoms with Crippen molar-refractivity contribution in [3.05, 3.63) is 12.7 Å². The largest absolute Gasteiger partial charge is 0.444 e. The fourth-order valence-electron chi connectivity index (χ4n) is 1.41. The summed E-state index contributed by atoms with van der Waals surface area (Å²) in [5.41, 5.74) is -0.628. The summed E-state index contributed by atoms with van der Waals surface area (Å²) in [4.78, 5) is 13.4. The molecule has 0 radical (unpaired) electrons. The minimum atomic E-state index is -0.422. The summed E-state index contributed by atoms with van der Waals surface area (Å²) >= 11 is 0. The molecule has 1 heterocycles. The summed E-state index contributed by atoms with van der Waals surface area (Å²) in [6.45, 7) is 12.1. The van der Waals surface area contributed by atoms with Crippen molar-refractivity contribution < 1.29 is 9.53 Å². The molecule has 80 valence electrons. The average Bonchev–Trinajstić information content (AvgIpc) is 1.97. The molecule has 1 fully saturated rings. The van der Waals surface area contributed by atoms with Crippen LogP contribution in [0.2, 0.25) is 0 Å². The predicted octanol–water partition coefficient (Wildman–Crippen LogP) is 2.57. The number of hydrogen-bond donors (Lipinski definition) is 0. The molecular formula is C11H19NO2. The Morgan fingerprint density at radius 2 is 2.14 bits per heavy atom. The van der Waals surface area contributed by atoms with Crippen LogP contribution in [-0.2, 0) is 4.74 Å². The predicted molar refractivity (Wildman–Crippen MR) is 56.2 cm³/mol. The van der Waals surface area contributed by atoms with E-state index in [9.17, 15) is 4.79 Å². The number of likely N-dealkylation sites (tertiary alicyclic amines) is 1. The topological polar surface area (TPSA) is 29.5 Å². The van der Waals surface area contributed by atoms with Crippen LogP contribution in [0.5, 0.6) is 0 Å². The molecule has 1 unspecified atom stereocenters. The van der Waals surface area contributed by atoms with Crippen LogP contribution in [0, 0.1) is 0 Å². The molecule has 3 heteroatoms. The molecule has 1 amide bonds. The molecule has 1 aliphatic heterocycles. The molecule has 1 rings (SSSR count). The van der Waals surface area contributed by atoms with Crippen molar-refractivity contribution in [3.63, 3.8) is 0 Å². The Hall–Kier alpha value is -0.990. The first-order chi connectivity index (χ1) is 6.28. The van der Waals surface area contributed by atoms with Crippen molar-refractivity contribution in [2.45, 2.75) is 45.3 Å². The lowest BCUT2D eigenvalue weighted by atomic mass is 9.87. The van der Waals surface area contributed by atoms with Gasteiger partial charge in [0.25, 0.3) is 0 Å². The lowest BCUT2D eigenvalue weighted by Crippen LogP contribution is -2.59. The maximum Gasteiger partial charge on any atom is 0.410 e. The fourth-order valence-corrected chi connectivity index (χ4v) is 1.41. The molecule has 0 aliphatic carbocycles. The average molecular weight is 197 g/mol. The van der Waals surface area contributed by atoms with Crippen LogP contribution in [0.4, 0.5) is 4.79 Å². The van der Waals surface area contributed by atoms with Gasteiger partial charge in [-0.15, -0.1) is 6.58 Å². The van der Waals surface area contributed by atoms with Crippen LogP contribution in [0.25, 0.3) is 0 Å². The second kappa shape index (κ2) is 3.30. The smallest absolute Gasteiger partial charge is 0.410 e. The fraction of sp³-hybridized carbons (Fsp3) is 0.727. The molecule has 0 aromatic carbocycles. The highest BCUT2D eigenvalue weighted by Crippen LogP contribution is 2.32. The van der Waals surface area contributed by atoms with Crippen LogP contribution < -0.4 is 0 Å². The SMILES string of the molecule is C=CC1(C)CCN1C(=O)OC(C)(C)C. The summed E-state index contributed by atoms with van der Waals surface area (Å²) in [5, 5.41) is 0. The van der Waals surface area contributed by atoms with Crippen LogP contribution in [0.1, 0.15) is 34.1 Å². The molecule has 14 heavy (non-hydrogen) atoms. The van der Waals surface area contributed by atoms with Crippen LogP contribution in [-0.4, -0.2) is 28.7 Å². The number of amides is 1. The molecule has 1 atom stereocenters. The monoisotopic (exact) mass is 197 g/mol. The maximum atomic E-state index is 11.7. The molecular weight excluding hydrogens is 178 g/mol. The lowest BCUT2D eigenvalue weighted by Gasteiger charge is -2.48. The summed E-state index contributed by atoms with van der Waals surface area (Å²) in [7, 11) is 0. The summed E-state index contributed by atoms with van der Waals surface area (Å²) < 4.78 is 5.28. The third-order valence-electron chi connectivity index (χ3n) is 2.51. The second-order valence-electron chi connectivity index (χ2n) is 4.94. The molecule has 0 N–H and O–H groups in total. The van der Waals surface area contributed by atoms with Crippen molar-refractivity contribution in [3.8, 4) is 0 Å². The third kappa shape index (κ3) is 2.08. The van der Waals surface area contributed by atoms with E-state index in [-0.39, 0.29) is 11.6 Å². The molecule has 0 saturated carbocycles. The molecule has 1 saturated heterocycles. The first-order valence-electron chi connectivity index (χ1n) is 4.93. The first-order valence-corrected chi connectivity index (χ1v) is 4.93. The van der Waals surface area contributed by atoms with Gasteiger partial charge in [0.1, 0.15) is 5.60 Å². The van der Waals surface area contributed by atoms with Gasteiger partial charge in [-0.05, 0) is 34.1 Å². The van der Waals surface area contributed by atoms with E-state index >= 15 is 0 Å². The highest BCUT2D eigenvalue weighted by Gasteiger charge is 2.42. The summed E-state index contributed by atoms with van der Waals surface area (Å²) in [6.07, 6.45) is 2.53. The van der Waals surface area contributed by atoms with Gasteiger partial charge in [0.05, 0.1) is 5.54 Å².